The molecule has 1 aliphatic heterocycles. The molecule has 0 amide bonds. The summed E-state index contributed by atoms with van der Waals surface area (Å²) in [6.45, 7) is 7.76. The Bertz CT molecular complexity index is 1370. The second-order valence-electron chi connectivity index (χ2n) is 10.5. The maximum absolute atomic E-state index is 13.8. The Morgan fingerprint density at radius 1 is 1.14 bits per heavy atom. The molecule has 4 aromatic rings. The standard InChI is InChI=1S/C28H33FN4O2/c1-28(2,3)27(34)33-24-16-23-22(5-4-12-30)26(18-10-13-35-14-11-18)32(21-8-6-20(29)7-9-21)25(23)15-19(24)17-31-33/h6-9,15-18H,4-5,10-14,30H2,1-3H3. The lowest BCUT2D eigenvalue weighted by Gasteiger charge is -2.25. The van der Waals surface area contributed by atoms with Crippen LogP contribution in [0.4, 0.5) is 4.39 Å². The fourth-order valence-corrected chi connectivity index (χ4v) is 5.18. The highest BCUT2D eigenvalue weighted by atomic mass is 19.1. The summed E-state index contributed by atoms with van der Waals surface area (Å²) in [6, 6.07) is 10.9. The van der Waals surface area contributed by atoms with Gasteiger partial charge in [0.05, 0.1) is 17.2 Å². The molecule has 0 bridgehead atoms. The fraction of sp³-hybridized carbons (Fsp3) is 0.429. The third-order valence-electron chi connectivity index (χ3n) is 6.96. The Kier molecular flexibility index (Phi) is 6.23. The second-order valence-corrected chi connectivity index (χ2v) is 10.5. The van der Waals surface area contributed by atoms with Crippen molar-refractivity contribution in [3.63, 3.8) is 0 Å². The molecule has 0 atom stereocenters. The van der Waals surface area contributed by atoms with Gasteiger partial charge in [-0.1, -0.05) is 20.8 Å². The van der Waals surface area contributed by atoms with Crippen LogP contribution >= 0.6 is 0 Å². The summed E-state index contributed by atoms with van der Waals surface area (Å²) in [5.41, 5.74) is 10.7. The van der Waals surface area contributed by atoms with Gasteiger partial charge in [0.15, 0.2) is 0 Å². The Hall–Kier alpha value is -3.03. The van der Waals surface area contributed by atoms with Gasteiger partial charge in [-0.2, -0.15) is 9.78 Å². The molecule has 2 aromatic heterocycles. The molecule has 2 aromatic carbocycles. The maximum Gasteiger partial charge on any atom is 0.252 e. The molecule has 3 heterocycles. The molecule has 1 fully saturated rings. The van der Waals surface area contributed by atoms with Crippen molar-refractivity contribution < 1.29 is 13.9 Å². The van der Waals surface area contributed by atoms with Crippen LogP contribution in [0.2, 0.25) is 0 Å². The van der Waals surface area contributed by atoms with Crippen molar-refractivity contribution in [1.29, 1.82) is 0 Å². The number of carbonyl (C=O) groups excluding carboxylic acids is 1. The maximum atomic E-state index is 13.8. The number of nitrogens with zero attached hydrogens (tertiary/aromatic N) is 3. The number of aryl methyl sites for hydroxylation is 1. The van der Waals surface area contributed by atoms with E-state index < -0.39 is 5.41 Å². The van der Waals surface area contributed by atoms with Crippen molar-refractivity contribution >= 4 is 27.7 Å². The number of hydrogen-bond donors (Lipinski definition) is 1. The minimum Gasteiger partial charge on any atom is -0.381 e. The first-order valence-corrected chi connectivity index (χ1v) is 12.4. The van der Waals surface area contributed by atoms with Crippen LogP contribution < -0.4 is 5.73 Å². The zero-order valence-corrected chi connectivity index (χ0v) is 20.7. The lowest BCUT2D eigenvalue weighted by Crippen LogP contribution is -2.27. The van der Waals surface area contributed by atoms with E-state index in [9.17, 15) is 9.18 Å². The molecule has 0 unspecified atom stereocenters. The van der Waals surface area contributed by atoms with Gasteiger partial charge >= 0.3 is 0 Å². The molecule has 0 radical (unpaired) electrons. The first-order valence-electron chi connectivity index (χ1n) is 12.4. The number of ether oxygens (including phenoxy) is 1. The van der Waals surface area contributed by atoms with E-state index in [4.69, 9.17) is 10.5 Å². The third-order valence-corrected chi connectivity index (χ3v) is 6.96. The highest BCUT2D eigenvalue weighted by Gasteiger charge is 2.29. The molecule has 1 aliphatic rings. The zero-order chi connectivity index (χ0) is 24.7. The lowest BCUT2D eigenvalue weighted by molar-refractivity contribution is 0.0755. The second kappa shape index (κ2) is 9.21. The van der Waals surface area contributed by atoms with Gasteiger partial charge in [-0.05, 0) is 74.2 Å². The first-order chi connectivity index (χ1) is 16.8. The van der Waals surface area contributed by atoms with E-state index in [0.29, 0.717) is 12.5 Å². The van der Waals surface area contributed by atoms with Gasteiger partial charge < -0.3 is 15.0 Å². The number of fused-ring (bicyclic) bond motifs is 2. The summed E-state index contributed by atoms with van der Waals surface area (Å²) in [5, 5.41) is 6.45. The summed E-state index contributed by atoms with van der Waals surface area (Å²) in [5.74, 6) is 0.0216. The predicted molar refractivity (Wildman–Crippen MR) is 137 cm³/mol. The van der Waals surface area contributed by atoms with Crippen LogP contribution in [-0.2, 0) is 11.2 Å². The number of hydrogen-bond acceptors (Lipinski definition) is 4. The minimum absolute atomic E-state index is 0.0435. The summed E-state index contributed by atoms with van der Waals surface area (Å²) >= 11 is 0. The lowest BCUT2D eigenvalue weighted by atomic mass is 9.91. The summed E-state index contributed by atoms with van der Waals surface area (Å²) in [6.07, 6.45) is 5.32. The van der Waals surface area contributed by atoms with E-state index in [-0.39, 0.29) is 11.7 Å². The number of carbonyl (C=O) groups is 1. The normalized spacial score (nSPS) is 15.3. The van der Waals surface area contributed by atoms with Crippen molar-refractivity contribution in [1.82, 2.24) is 14.3 Å². The monoisotopic (exact) mass is 476 g/mol. The predicted octanol–water partition coefficient (Wildman–Crippen LogP) is 5.59. The number of rotatable bonds is 5. The zero-order valence-electron chi connectivity index (χ0n) is 20.7. The Morgan fingerprint density at radius 3 is 2.51 bits per heavy atom. The largest absolute Gasteiger partial charge is 0.381 e. The van der Waals surface area contributed by atoms with Gasteiger partial charge in [-0.25, -0.2) is 4.39 Å². The van der Waals surface area contributed by atoms with Crippen molar-refractivity contribution in [2.45, 2.75) is 52.4 Å². The van der Waals surface area contributed by atoms with Crippen molar-refractivity contribution in [2.24, 2.45) is 11.1 Å². The molecular formula is C28H33FN4O2. The highest BCUT2D eigenvalue weighted by molar-refractivity contribution is 6.02. The summed E-state index contributed by atoms with van der Waals surface area (Å²) in [7, 11) is 0. The summed E-state index contributed by atoms with van der Waals surface area (Å²) < 4.78 is 23.3. The Morgan fingerprint density at radius 2 is 1.86 bits per heavy atom. The van der Waals surface area contributed by atoms with Crippen LogP contribution in [0.3, 0.4) is 0 Å². The van der Waals surface area contributed by atoms with Gasteiger partial charge in [0.1, 0.15) is 5.82 Å². The molecule has 0 saturated carbocycles. The molecule has 7 heteroatoms. The van der Waals surface area contributed by atoms with Gasteiger partial charge in [0, 0.05) is 46.7 Å². The van der Waals surface area contributed by atoms with Gasteiger partial charge in [-0.15, -0.1) is 0 Å². The third kappa shape index (κ3) is 4.28. The molecule has 2 N–H and O–H groups in total. The van der Waals surface area contributed by atoms with E-state index in [0.717, 1.165) is 66.4 Å². The molecule has 5 rings (SSSR count). The van der Waals surface area contributed by atoms with Gasteiger partial charge in [0.2, 0.25) is 0 Å². The number of halogens is 1. The summed E-state index contributed by atoms with van der Waals surface area (Å²) in [4.78, 5) is 13.1. The van der Waals surface area contributed by atoms with E-state index in [1.165, 1.54) is 28.1 Å². The molecule has 6 nitrogen and oxygen atoms in total. The van der Waals surface area contributed by atoms with Gasteiger partial charge in [0.25, 0.3) is 5.91 Å². The van der Waals surface area contributed by atoms with Gasteiger partial charge in [-0.3, -0.25) is 4.79 Å². The van der Waals surface area contributed by atoms with Crippen LogP contribution in [0.1, 0.15) is 62.0 Å². The van der Waals surface area contributed by atoms with Crippen molar-refractivity contribution in [3.8, 4) is 5.69 Å². The molecular weight excluding hydrogens is 443 g/mol. The minimum atomic E-state index is -0.552. The van der Waals surface area contributed by atoms with Crippen molar-refractivity contribution in [3.05, 3.63) is 59.7 Å². The van der Waals surface area contributed by atoms with E-state index in [1.807, 2.05) is 32.9 Å². The van der Waals surface area contributed by atoms with E-state index in [2.05, 4.69) is 21.8 Å². The van der Waals surface area contributed by atoms with E-state index >= 15 is 0 Å². The van der Waals surface area contributed by atoms with E-state index in [1.54, 1.807) is 6.20 Å². The Balaban J connectivity index is 1.82. The average Bonchev–Trinajstić information content (AvgIpc) is 3.39. The Labute approximate surface area is 204 Å². The van der Waals surface area contributed by atoms with Crippen LogP contribution in [0, 0.1) is 11.2 Å². The van der Waals surface area contributed by atoms with Crippen LogP contribution in [0.5, 0.6) is 0 Å². The van der Waals surface area contributed by atoms with Crippen LogP contribution in [0.25, 0.3) is 27.5 Å². The topological polar surface area (TPSA) is 75.1 Å². The smallest absolute Gasteiger partial charge is 0.252 e. The van der Waals surface area contributed by atoms with Crippen LogP contribution in [-0.4, -0.2) is 40.0 Å². The quantitative estimate of drug-likeness (QED) is 0.407. The molecule has 0 aliphatic carbocycles. The number of aromatic nitrogens is 3. The van der Waals surface area contributed by atoms with Crippen LogP contribution in [0.15, 0.2) is 42.6 Å². The average molecular weight is 477 g/mol. The highest BCUT2D eigenvalue weighted by Crippen LogP contribution is 2.40. The number of benzene rings is 2. The SMILES string of the molecule is CC(C)(C)C(=O)n1ncc2cc3c(cc21)c(CCCN)c(C1CCOCC1)n3-c1ccc(F)cc1. The van der Waals surface area contributed by atoms with Crippen molar-refractivity contribution in [2.75, 3.05) is 19.8 Å². The molecule has 184 valence electrons. The fourth-order valence-electron chi connectivity index (χ4n) is 5.18. The molecule has 35 heavy (non-hydrogen) atoms. The molecule has 0 spiro atoms. The number of nitrogens with two attached hydrogens (primary N) is 1. The first kappa shape index (κ1) is 23.7. The molecule has 1 saturated heterocycles.